The predicted octanol–water partition coefficient (Wildman–Crippen LogP) is 3.64. The van der Waals surface area contributed by atoms with Gasteiger partial charge in [0.1, 0.15) is 0 Å². The summed E-state index contributed by atoms with van der Waals surface area (Å²) in [6.45, 7) is 8.33. The van der Waals surface area contributed by atoms with E-state index in [0.717, 1.165) is 5.56 Å². The largest absolute Gasteiger partial charge is 0.289 e. The normalized spacial score (nSPS) is 11.2. The molecule has 0 saturated heterocycles. The van der Waals surface area contributed by atoms with Crippen LogP contribution >= 0.6 is 0 Å². The molecule has 2 aromatic rings. The lowest BCUT2D eigenvalue weighted by Gasteiger charge is -2.20. The van der Waals surface area contributed by atoms with Crippen LogP contribution in [-0.4, -0.2) is 16.9 Å². The lowest BCUT2D eigenvalue weighted by molar-refractivity contribution is 0.0706. The van der Waals surface area contributed by atoms with Crippen molar-refractivity contribution >= 4 is 11.7 Å². The van der Waals surface area contributed by atoms with E-state index in [2.05, 4.69) is 20.8 Å². The van der Waals surface area contributed by atoms with Gasteiger partial charge < -0.3 is 0 Å². The first-order chi connectivity index (χ1) is 10.7. The minimum atomic E-state index is -0.602. The van der Waals surface area contributed by atoms with Gasteiger partial charge in [0, 0.05) is 16.7 Å². The van der Waals surface area contributed by atoms with Gasteiger partial charge in [-0.25, -0.2) is 5.48 Å². The molecule has 0 radical (unpaired) electrons. The van der Waals surface area contributed by atoms with Crippen LogP contribution in [0.25, 0.3) is 0 Å². The zero-order valence-corrected chi connectivity index (χ0v) is 13.8. The van der Waals surface area contributed by atoms with E-state index < -0.39 is 5.91 Å². The van der Waals surface area contributed by atoms with Crippen molar-refractivity contribution in [3.8, 4) is 0 Å². The molecular formula is C19H21NO3. The number of aryl methyl sites for hydroxylation is 1. The molecule has 0 aliphatic rings. The zero-order chi connectivity index (χ0) is 17.2. The Balaban J connectivity index is 2.32. The maximum atomic E-state index is 12.6. The van der Waals surface area contributed by atoms with Gasteiger partial charge in [-0.2, -0.15) is 0 Å². The van der Waals surface area contributed by atoms with Crippen molar-refractivity contribution in [3.05, 3.63) is 70.3 Å². The van der Waals surface area contributed by atoms with Crippen molar-refractivity contribution in [2.24, 2.45) is 0 Å². The Labute approximate surface area is 136 Å². The molecule has 0 aliphatic heterocycles. The summed E-state index contributed by atoms with van der Waals surface area (Å²) in [6.07, 6.45) is 0. The Morgan fingerprint density at radius 2 is 1.52 bits per heavy atom. The van der Waals surface area contributed by atoms with Crippen molar-refractivity contribution in [1.82, 2.24) is 5.48 Å². The number of benzene rings is 2. The molecule has 2 aromatic carbocycles. The monoisotopic (exact) mass is 311 g/mol. The fourth-order valence-electron chi connectivity index (χ4n) is 2.38. The first-order valence-corrected chi connectivity index (χ1v) is 7.44. The second kappa shape index (κ2) is 6.34. The molecular weight excluding hydrogens is 290 g/mol. The van der Waals surface area contributed by atoms with E-state index in [4.69, 9.17) is 5.21 Å². The van der Waals surface area contributed by atoms with Crippen molar-refractivity contribution in [2.75, 3.05) is 0 Å². The number of nitrogens with one attached hydrogen (secondary N) is 1. The minimum Gasteiger partial charge on any atom is -0.289 e. The van der Waals surface area contributed by atoms with Gasteiger partial charge in [-0.05, 0) is 35.6 Å². The SMILES string of the molecule is Cc1cc(C(C)(C)C)ccc1C(=O)c1ccc(C(=O)NO)cc1. The molecule has 0 heterocycles. The fourth-order valence-corrected chi connectivity index (χ4v) is 2.38. The van der Waals surface area contributed by atoms with Crippen LogP contribution in [0.2, 0.25) is 0 Å². The molecule has 0 aliphatic carbocycles. The fraction of sp³-hybridized carbons (Fsp3) is 0.263. The van der Waals surface area contributed by atoms with Crippen LogP contribution in [0.5, 0.6) is 0 Å². The van der Waals surface area contributed by atoms with E-state index in [1.54, 1.807) is 17.6 Å². The van der Waals surface area contributed by atoms with Crippen molar-refractivity contribution in [3.63, 3.8) is 0 Å². The molecule has 0 aromatic heterocycles. The smallest absolute Gasteiger partial charge is 0.274 e. The van der Waals surface area contributed by atoms with E-state index in [1.165, 1.54) is 17.7 Å². The summed E-state index contributed by atoms with van der Waals surface area (Å²) < 4.78 is 0. The van der Waals surface area contributed by atoms with Gasteiger partial charge >= 0.3 is 0 Å². The minimum absolute atomic E-state index is 0.0334. The van der Waals surface area contributed by atoms with E-state index in [9.17, 15) is 9.59 Å². The van der Waals surface area contributed by atoms with E-state index in [0.29, 0.717) is 16.7 Å². The molecule has 4 nitrogen and oxygen atoms in total. The maximum Gasteiger partial charge on any atom is 0.274 e. The third-order valence-electron chi connectivity index (χ3n) is 3.85. The highest BCUT2D eigenvalue weighted by Gasteiger charge is 2.17. The summed E-state index contributed by atoms with van der Waals surface area (Å²) in [5.41, 5.74) is 5.16. The van der Waals surface area contributed by atoms with Crippen LogP contribution in [-0.2, 0) is 5.41 Å². The maximum absolute atomic E-state index is 12.6. The summed E-state index contributed by atoms with van der Waals surface area (Å²) >= 11 is 0. The highest BCUT2D eigenvalue weighted by molar-refractivity contribution is 6.10. The highest BCUT2D eigenvalue weighted by atomic mass is 16.5. The second-order valence-corrected chi connectivity index (χ2v) is 6.63. The van der Waals surface area contributed by atoms with Gasteiger partial charge in [0.2, 0.25) is 0 Å². The molecule has 0 unspecified atom stereocenters. The number of rotatable bonds is 3. The summed E-state index contributed by atoms with van der Waals surface area (Å²) in [7, 11) is 0. The standard InChI is InChI=1S/C19H21NO3/c1-12-11-15(19(2,3)4)9-10-16(12)17(21)13-5-7-14(8-6-13)18(22)20-23/h5-11,23H,1-4H3,(H,20,22). The van der Waals surface area contributed by atoms with Gasteiger partial charge in [-0.15, -0.1) is 0 Å². The number of hydrogen-bond donors (Lipinski definition) is 2. The molecule has 0 saturated carbocycles. The van der Waals surface area contributed by atoms with Crippen LogP contribution in [0.15, 0.2) is 42.5 Å². The molecule has 0 bridgehead atoms. The molecule has 1 amide bonds. The second-order valence-electron chi connectivity index (χ2n) is 6.63. The van der Waals surface area contributed by atoms with E-state index in [1.807, 2.05) is 25.1 Å². The molecule has 0 atom stereocenters. The number of amides is 1. The average Bonchev–Trinajstić information content (AvgIpc) is 2.52. The molecule has 23 heavy (non-hydrogen) atoms. The van der Waals surface area contributed by atoms with Crippen molar-refractivity contribution in [1.29, 1.82) is 0 Å². The van der Waals surface area contributed by atoms with Crippen LogP contribution in [0, 0.1) is 6.92 Å². The van der Waals surface area contributed by atoms with Gasteiger partial charge in [0.25, 0.3) is 5.91 Å². The Morgan fingerprint density at radius 3 is 2.00 bits per heavy atom. The Morgan fingerprint density at radius 1 is 0.957 bits per heavy atom. The lowest BCUT2D eigenvalue weighted by atomic mass is 9.84. The number of carbonyl (C=O) groups is 2. The molecule has 0 spiro atoms. The van der Waals surface area contributed by atoms with Gasteiger partial charge in [0.05, 0.1) is 0 Å². The molecule has 120 valence electrons. The summed E-state index contributed by atoms with van der Waals surface area (Å²) in [4.78, 5) is 23.9. The summed E-state index contributed by atoms with van der Waals surface area (Å²) in [6, 6.07) is 12.1. The van der Waals surface area contributed by atoms with E-state index >= 15 is 0 Å². The highest BCUT2D eigenvalue weighted by Crippen LogP contribution is 2.25. The van der Waals surface area contributed by atoms with E-state index in [-0.39, 0.29) is 11.2 Å². The molecule has 2 N–H and O–H groups in total. The van der Waals surface area contributed by atoms with Crippen molar-refractivity contribution in [2.45, 2.75) is 33.1 Å². The van der Waals surface area contributed by atoms with Gasteiger partial charge in [-0.1, -0.05) is 51.1 Å². The zero-order valence-electron chi connectivity index (χ0n) is 13.8. The van der Waals surface area contributed by atoms with Crippen LogP contribution in [0.4, 0.5) is 0 Å². The topological polar surface area (TPSA) is 66.4 Å². The third kappa shape index (κ3) is 3.66. The molecule has 2 rings (SSSR count). The quantitative estimate of drug-likeness (QED) is 0.516. The first kappa shape index (κ1) is 16.9. The first-order valence-electron chi connectivity index (χ1n) is 7.44. The third-order valence-corrected chi connectivity index (χ3v) is 3.85. The lowest BCUT2D eigenvalue weighted by Crippen LogP contribution is -2.18. The molecule has 4 heteroatoms. The van der Waals surface area contributed by atoms with Gasteiger partial charge in [-0.3, -0.25) is 14.8 Å². The Kier molecular flexibility index (Phi) is 4.66. The predicted molar refractivity (Wildman–Crippen MR) is 89.0 cm³/mol. The number of ketones is 1. The molecule has 0 fully saturated rings. The van der Waals surface area contributed by atoms with Crippen LogP contribution in [0.3, 0.4) is 0 Å². The van der Waals surface area contributed by atoms with Crippen LogP contribution in [0.1, 0.15) is 58.2 Å². The summed E-state index contributed by atoms with van der Waals surface area (Å²) in [5, 5.41) is 8.61. The van der Waals surface area contributed by atoms with Crippen molar-refractivity contribution < 1.29 is 14.8 Å². The van der Waals surface area contributed by atoms with Gasteiger partial charge in [0.15, 0.2) is 5.78 Å². The average molecular weight is 311 g/mol. The number of carbonyl (C=O) groups excluding carboxylic acids is 2. The van der Waals surface area contributed by atoms with Crippen LogP contribution < -0.4 is 5.48 Å². The number of hydrogen-bond acceptors (Lipinski definition) is 3. The Bertz CT molecular complexity index is 740. The Hall–Kier alpha value is -2.46. The summed E-state index contributed by atoms with van der Waals surface area (Å²) in [5.74, 6) is -0.686. The number of hydroxylamine groups is 1.